The van der Waals surface area contributed by atoms with Crippen LogP contribution in [0.1, 0.15) is 12.8 Å². The fourth-order valence-corrected chi connectivity index (χ4v) is 4.39. The largest absolute Gasteiger partial charge is 0.379 e. The summed E-state index contributed by atoms with van der Waals surface area (Å²) in [6.07, 6.45) is 1.55. The Hall–Kier alpha value is -1.75. The van der Waals surface area contributed by atoms with Gasteiger partial charge in [0.15, 0.2) is 0 Å². The molecule has 4 N–H and O–H groups in total. The summed E-state index contributed by atoms with van der Waals surface area (Å²) in [4.78, 5) is 2.27. The zero-order valence-corrected chi connectivity index (χ0v) is 19.5. The van der Waals surface area contributed by atoms with Crippen LogP contribution in [0.2, 0.25) is 0 Å². The first-order valence-corrected chi connectivity index (χ1v) is 12.2. The molecule has 0 bridgehead atoms. The number of hydrogen-bond acceptors (Lipinski definition) is 6. The number of nitrogens with zero attached hydrogens (tertiary/aromatic N) is 1. The quantitative estimate of drug-likeness (QED) is 0.370. The summed E-state index contributed by atoms with van der Waals surface area (Å²) in [5.41, 5.74) is 4.74. The van der Waals surface area contributed by atoms with E-state index in [0.29, 0.717) is 56.3 Å². The lowest BCUT2D eigenvalue weighted by Gasteiger charge is -2.17. The molecule has 0 fully saturated rings. The molecule has 0 atom stereocenters. The lowest BCUT2D eigenvalue weighted by Crippen LogP contribution is -2.50. The van der Waals surface area contributed by atoms with Crippen molar-refractivity contribution in [3.05, 3.63) is 36.4 Å². The van der Waals surface area contributed by atoms with E-state index < -0.39 is 10.0 Å². The van der Waals surface area contributed by atoms with Crippen LogP contribution < -0.4 is 15.4 Å². The highest BCUT2D eigenvalue weighted by atomic mass is 32.2. The molecule has 0 radical (unpaired) electrons. The van der Waals surface area contributed by atoms with Crippen LogP contribution >= 0.6 is 0 Å². The predicted octanol–water partition coefficient (Wildman–Crippen LogP) is 1.26. The fraction of sp³-hybridized carbons (Fsp3) is 0.545. The van der Waals surface area contributed by atoms with Gasteiger partial charge in [0.1, 0.15) is 0 Å². The van der Waals surface area contributed by atoms with E-state index in [-0.39, 0.29) is 0 Å². The van der Waals surface area contributed by atoms with Gasteiger partial charge in [0.25, 0.3) is 0 Å². The summed E-state index contributed by atoms with van der Waals surface area (Å²) in [5, 5.41) is 1.62. The molecule has 0 saturated carbocycles. The standard InChI is InChI=1S/C22H35N3O5S/c1-25(2)21-9-3-8-20-19(21)7-4-10-22(20)31(26,27)24-12-6-14-29-16-18-30-17-15-28-13-5-11-23/h3-4,7-10,24H,5-6,11-18,23H2,1-2H3/p+1. The van der Waals surface area contributed by atoms with Gasteiger partial charge >= 0.3 is 0 Å². The Morgan fingerprint density at radius 1 is 0.839 bits per heavy atom. The second kappa shape index (κ2) is 13.6. The van der Waals surface area contributed by atoms with E-state index in [2.05, 4.69) is 10.5 Å². The normalized spacial score (nSPS) is 11.8. The van der Waals surface area contributed by atoms with E-state index in [9.17, 15) is 8.42 Å². The van der Waals surface area contributed by atoms with Gasteiger partial charge in [-0.3, -0.25) is 0 Å². The molecule has 0 unspecified atom stereocenters. The minimum atomic E-state index is -3.61. The number of ether oxygens (including phenoxy) is 3. The molecule has 0 spiro atoms. The Morgan fingerprint density at radius 2 is 1.42 bits per heavy atom. The van der Waals surface area contributed by atoms with E-state index in [1.54, 1.807) is 12.1 Å². The van der Waals surface area contributed by atoms with Gasteiger partial charge in [-0.25, -0.2) is 13.1 Å². The van der Waals surface area contributed by atoms with Crippen molar-refractivity contribution in [3.63, 3.8) is 0 Å². The number of benzene rings is 2. The predicted molar refractivity (Wildman–Crippen MR) is 123 cm³/mol. The molecular formula is C22H36N3O5S+. The zero-order chi connectivity index (χ0) is 22.5. The zero-order valence-electron chi connectivity index (χ0n) is 18.6. The first-order chi connectivity index (χ1) is 15.0. The molecule has 2 aromatic carbocycles. The van der Waals surface area contributed by atoms with Crippen LogP contribution in [0.15, 0.2) is 41.3 Å². The van der Waals surface area contributed by atoms with E-state index in [1.807, 2.05) is 43.3 Å². The average molecular weight is 455 g/mol. The first-order valence-electron chi connectivity index (χ1n) is 10.7. The van der Waals surface area contributed by atoms with E-state index >= 15 is 0 Å². The lowest BCUT2D eigenvalue weighted by atomic mass is 10.1. The van der Waals surface area contributed by atoms with Crippen LogP contribution in [-0.2, 0) is 24.2 Å². The van der Waals surface area contributed by atoms with Gasteiger partial charge in [0.05, 0.1) is 44.5 Å². The van der Waals surface area contributed by atoms with Gasteiger partial charge in [-0.15, -0.1) is 0 Å². The van der Waals surface area contributed by atoms with Gasteiger partial charge in [-0.2, -0.15) is 0 Å². The van der Waals surface area contributed by atoms with E-state index in [4.69, 9.17) is 14.2 Å². The molecule has 174 valence electrons. The number of nitrogens with one attached hydrogen (secondary N) is 1. The molecular weight excluding hydrogens is 418 g/mol. The third kappa shape index (κ3) is 8.36. The Labute approximate surface area is 185 Å². The summed E-state index contributed by atoms with van der Waals surface area (Å²) in [6, 6.07) is 11.0. The molecule has 9 heteroatoms. The van der Waals surface area contributed by atoms with Crippen LogP contribution in [0.3, 0.4) is 0 Å². The topological polar surface area (TPSA) is 105 Å². The molecule has 0 aliphatic heterocycles. The third-order valence-corrected chi connectivity index (χ3v) is 6.19. The van der Waals surface area contributed by atoms with Crippen molar-refractivity contribution in [2.75, 3.05) is 71.7 Å². The van der Waals surface area contributed by atoms with Gasteiger partial charge in [-0.05, 0) is 18.6 Å². The molecule has 8 nitrogen and oxygen atoms in total. The molecule has 0 amide bonds. The molecule has 2 aromatic rings. The number of quaternary nitrogens is 1. The van der Waals surface area contributed by atoms with Crippen LogP contribution in [0.25, 0.3) is 10.8 Å². The maximum absolute atomic E-state index is 12.8. The van der Waals surface area contributed by atoms with Gasteiger partial charge < -0.3 is 24.8 Å². The third-order valence-electron chi connectivity index (χ3n) is 4.67. The van der Waals surface area contributed by atoms with E-state index in [1.165, 1.54) is 0 Å². The van der Waals surface area contributed by atoms with E-state index in [0.717, 1.165) is 30.6 Å². The summed E-state index contributed by atoms with van der Waals surface area (Å²) in [6.45, 7) is 4.46. The average Bonchev–Trinajstić information content (AvgIpc) is 2.76. The lowest BCUT2D eigenvalue weighted by molar-refractivity contribution is -0.369. The summed E-state index contributed by atoms with van der Waals surface area (Å²) in [5.74, 6) is 0. The summed E-state index contributed by atoms with van der Waals surface area (Å²) in [7, 11) is 0.276. The highest BCUT2D eigenvalue weighted by molar-refractivity contribution is 7.89. The second-order valence-corrected chi connectivity index (χ2v) is 9.05. The number of fused-ring (bicyclic) bond motifs is 1. The second-order valence-electron chi connectivity index (χ2n) is 7.32. The SMILES string of the molecule is CN(C)c1cccc2c(S(=O)(=O)NCCCOCCOCCOCCC[NH3+])cccc12. The van der Waals surface area contributed by atoms with Crippen LogP contribution in [0.5, 0.6) is 0 Å². The highest BCUT2D eigenvalue weighted by Gasteiger charge is 2.17. The maximum Gasteiger partial charge on any atom is 0.241 e. The number of rotatable bonds is 16. The first kappa shape index (κ1) is 25.5. The van der Waals surface area contributed by atoms with Crippen molar-refractivity contribution >= 4 is 26.5 Å². The van der Waals surface area contributed by atoms with Crippen molar-refractivity contribution in [3.8, 4) is 0 Å². The molecule has 0 aromatic heterocycles. The van der Waals surface area contributed by atoms with Crippen molar-refractivity contribution in [1.29, 1.82) is 0 Å². The van der Waals surface area contributed by atoms with Gasteiger partial charge in [-0.1, -0.05) is 24.3 Å². The van der Waals surface area contributed by atoms with Crippen molar-refractivity contribution < 1.29 is 28.4 Å². The Morgan fingerprint density at radius 3 is 2.06 bits per heavy atom. The minimum absolute atomic E-state index is 0.292. The Bertz CT molecular complexity index is 890. The van der Waals surface area contributed by atoms with Crippen molar-refractivity contribution in [2.45, 2.75) is 17.7 Å². The number of sulfonamides is 1. The summed E-state index contributed by atoms with van der Waals surface area (Å²) < 4.78 is 44.6. The molecule has 2 rings (SSSR count). The highest BCUT2D eigenvalue weighted by Crippen LogP contribution is 2.29. The summed E-state index contributed by atoms with van der Waals surface area (Å²) >= 11 is 0. The molecule has 0 aliphatic rings. The van der Waals surface area contributed by atoms with Crippen LogP contribution in [-0.4, -0.2) is 75.2 Å². The van der Waals surface area contributed by atoms with Crippen molar-refractivity contribution in [2.24, 2.45) is 0 Å². The molecule has 0 aliphatic carbocycles. The Kier molecular flexibility index (Phi) is 11.2. The molecule has 0 saturated heterocycles. The van der Waals surface area contributed by atoms with Gasteiger partial charge in [0, 0.05) is 50.1 Å². The monoisotopic (exact) mass is 454 g/mol. The molecule has 31 heavy (non-hydrogen) atoms. The minimum Gasteiger partial charge on any atom is -0.379 e. The maximum atomic E-state index is 12.8. The number of anilines is 1. The Balaban J connectivity index is 1.71. The van der Waals surface area contributed by atoms with Gasteiger partial charge in [0.2, 0.25) is 10.0 Å². The van der Waals surface area contributed by atoms with Crippen molar-refractivity contribution in [1.82, 2.24) is 4.72 Å². The molecule has 0 heterocycles. The fourth-order valence-electron chi connectivity index (χ4n) is 3.09. The number of hydrogen-bond donors (Lipinski definition) is 2. The van der Waals surface area contributed by atoms with Crippen LogP contribution in [0, 0.1) is 0 Å². The van der Waals surface area contributed by atoms with Crippen LogP contribution in [0.4, 0.5) is 5.69 Å². The smallest absolute Gasteiger partial charge is 0.241 e.